The lowest BCUT2D eigenvalue weighted by Crippen LogP contribution is -2.40. The lowest BCUT2D eigenvalue weighted by atomic mass is 9.72. The molecule has 2 aliphatic carbocycles. The minimum atomic E-state index is 0.802. The molecule has 2 saturated carbocycles. The second-order valence-corrected chi connectivity index (χ2v) is 7.57. The van der Waals surface area contributed by atoms with Gasteiger partial charge in [0.05, 0.1) is 0 Å². The third-order valence-electron chi connectivity index (χ3n) is 5.61. The highest BCUT2D eigenvalue weighted by Gasteiger charge is 2.30. The van der Waals surface area contributed by atoms with Gasteiger partial charge in [-0.15, -0.1) is 0 Å². The summed E-state index contributed by atoms with van der Waals surface area (Å²) in [7, 11) is 0. The fourth-order valence-electron chi connectivity index (χ4n) is 4.82. The molecule has 112 valence electrons. The normalized spacial score (nSPS) is 34.6. The van der Waals surface area contributed by atoms with E-state index in [9.17, 15) is 0 Å². The van der Waals surface area contributed by atoms with Gasteiger partial charge in [0.15, 0.2) is 0 Å². The summed E-state index contributed by atoms with van der Waals surface area (Å²) in [6.07, 6.45) is 13.3. The van der Waals surface area contributed by atoms with Crippen molar-refractivity contribution in [2.45, 2.75) is 84.6 Å². The maximum Gasteiger partial charge on any atom is 0.00955 e. The lowest BCUT2D eigenvalue weighted by molar-refractivity contribution is 0.167. The molecule has 0 spiro atoms. The molecule has 3 atom stereocenters. The second-order valence-electron chi connectivity index (χ2n) is 7.57. The van der Waals surface area contributed by atoms with E-state index in [0.717, 1.165) is 36.3 Å². The Hall–Kier alpha value is -0.0400. The molecule has 0 saturated heterocycles. The van der Waals surface area contributed by atoms with Crippen molar-refractivity contribution in [1.29, 1.82) is 0 Å². The molecular weight excluding hydrogens is 230 g/mol. The topological polar surface area (TPSA) is 12.0 Å². The Labute approximate surface area is 120 Å². The molecule has 0 aromatic carbocycles. The maximum atomic E-state index is 3.82. The predicted molar refractivity (Wildman–Crippen MR) is 84.3 cm³/mol. The Morgan fingerprint density at radius 3 is 2.21 bits per heavy atom. The van der Waals surface area contributed by atoms with E-state index in [4.69, 9.17) is 0 Å². The van der Waals surface area contributed by atoms with Crippen molar-refractivity contribution in [2.24, 2.45) is 23.7 Å². The van der Waals surface area contributed by atoms with Crippen LogP contribution in [0.15, 0.2) is 0 Å². The van der Waals surface area contributed by atoms with Gasteiger partial charge in [-0.25, -0.2) is 0 Å². The average molecular weight is 265 g/mol. The lowest BCUT2D eigenvalue weighted by Gasteiger charge is -2.37. The van der Waals surface area contributed by atoms with Gasteiger partial charge in [0.2, 0.25) is 0 Å². The molecular formula is C18H35N. The molecule has 19 heavy (non-hydrogen) atoms. The van der Waals surface area contributed by atoms with E-state index in [1.165, 1.54) is 57.8 Å². The summed E-state index contributed by atoms with van der Waals surface area (Å²) in [4.78, 5) is 0. The van der Waals surface area contributed by atoms with Crippen molar-refractivity contribution in [3.05, 3.63) is 0 Å². The molecule has 2 aliphatic rings. The molecule has 0 heterocycles. The summed E-state index contributed by atoms with van der Waals surface area (Å²) in [5, 5.41) is 3.82. The summed E-state index contributed by atoms with van der Waals surface area (Å²) in [5.74, 6) is 3.89. The van der Waals surface area contributed by atoms with Crippen LogP contribution in [-0.2, 0) is 0 Å². The first-order valence-electron chi connectivity index (χ1n) is 8.92. The Bertz CT molecular complexity index is 234. The quantitative estimate of drug-likeness (QED) is 0.712. The van der Waals surface area contributed by atoms with Crippen LogP contribution in [0.4, 0.5) is 0 Å². The van der Waals surface area contributed by atoms with Gasteiger partial charge >= 0.3 is 0 Å². The first-order chi connectivity index (χ1) is 9.19. The SMILES string of the molecule is CCNC(CCC1CCCC1)C1CC(C)CC(C)C1. The van der Waals surface area contributed by atoms with E-state index in [1.54, 1.807) is 0 Å². The molecule has 0 radical (unpaired) electrons. The third kappa shape index (κ3) is 4.77. The minimum absolute atomic E-state index is 0.802. The van der Waals surface area contributed by atoms with E-state index < -0.39 is 0 Å². The first-order valence-corrected chi connectivity index (χ1v) is 8.92. The standard InChI is InChI=1S/C18H35N/c1-4-19-18(10-9-16-7-5-6-8-16)17-12-14(2)11-15(3)13-17/h14-19H,4-13H2,1-3H3. The fourth-order valence-corrected chi connectivity index (χ4v) is 4.82. The van der Waals surface area contributed by atoms with Gasteiger partial charge in [0, 0.05) is 6.04 Å². The van der Waals surface area contributed by atoms with Gasteiger partial charge in [-0.3, -0.25) is 0 Å². The summed E-state index contributed by atoms with van der Waals surface area (Å²) in [6, 6.07) is 0.802. The molecule has 0 bridgehead atoms. The average Bonchev–Trinajstić information content (AvgIpc) is 2.86. The van der Waals surface area contributed by atoms with Crippen LogP contribution in [0, 0.1) is 23.7 Å². The summed E-state index contributed by atoms with van der Waals surface area (Å²) < 4.78 is 0. The molecule has 3 unspecified atom stereocenters. The van der Waals surface area contributed by atoms with E-state index >= 15 is 0 Å². The molecule has 1 N–H and O–H groups in total. The van der Waals surface area contributed by atoms with E-state index in [0.29, 0.717) is 0 Å². The van der Waals surface area contributed by atoms with Crippen molar-refractivity contribution in [3.63, 3.8) is 0 Å². The molecule has 1 heteroatoms. The van der Waals surface area contributed by atoms with Crippen LogP contribution in [0.25, 0.3) is 0 Å². The van der Waals surface area contributed by atoms with Crippen LogP contribution in [-0.4, -0.2) is 12.6 Å². The Balaban J connectivity index is 1.82. The first kappa shape index (κ1) is 15.4. The highest BCUT2D eigenvalue weighted by atomic mass is 14.9. The van der Waals surface area contributed by atoms with Crippen LogP contribution < -0.4 is 5.32 Å². The van der Waals surface area contributed by atoms with E-state index in [1.807, 2.05) is 0 Å². The van der Waals surface area contributed by atoms with E-state index in [-0.39, 0.29) is 0 Å². The van der Waals surface area contributed by atoms with E-state index in [2.05, 4.69) is 26.1 Å². The zero-order valence-corrected chi connectivity index (χ0v) is 13.5. The van der Waals surface area contributed by atoms with Gasteiger partial charge < -0.3 is 5.32 Å². The number of hydrogen-bond donors (Lipinski definition) is 1. The molecule has 1 nitrogen and oxygen atoms in total. The van der Waals surface area contributed by atoms with Crippen LogP contribution >= 0.6 is 0 Å². The number of rotatable bonds is 6. The van der Waals surface area contributed by atoms with Crippen molar-refractivity contribution in [2.75, 3.05) is 6.54 Å². The predicted octanol–water partition coefficient (Wildman–Crippen LogP) is 5.01. The Morgan fingerprint density at radius 2 is 1.63 bits per heavy atom. The fraction of sp³-hybridized carbons (Fsp3) is 1.00. The van der Waals surface area contributed by atoms with Gasteiger partial charge in [-0.1, -0.05) is 46.5 Å². The van der Waals surface area contributed by atoms with Crippen LogP contribution in [0.2, 0.25) is 0 Å². The highest BCUT2D eigenvalue weighted by molar-refractivity contribution is 4.84. The Morgan fingerprint density at radius 1 is 1.00 bits per heavy atom. The van der Waals surface area contributed by atoms with Crippen molar-refractivity contribution in [3.8, 4) is 0 Å². The van der Waals surface area contributed by atoms with Crippen molar-refractivity contribution < 1.29 is 0 Å². The number of nitrogens with one attached hydrogen (secondary N) is 1. The molecule has 0 aliphatic heterocycles. The molecule has 2 fully saturated rings. The largest absolute Gasteiger partial charge is 0.314 e. The highest BCUT2D eigenvalue weighted by Crippen LogP contribution is 2.37. The van der Waals surface area contributed by atoms with Crippen molar-refractivity contribution in [1.82, 2.24) is 5.32 Å². The van der Waals surface area contributed by atoms with Gasteiger partial charge in [0.25, 0.3) is 0 Å². The molecule has 0 amide bonds. The molecule has 0 aromatic rings. The zero-order chi connectivity index (χ0) is 13.7. The molecule has 0 aromatic heterocycles. The summed E-state index contributed by atoms with van der Waals surface area (Å²) in [5.41, 5.74) is 0. The third-order valence-corrected chi connectivity index (χ3v) is 5.61. The minimum Gasteiger partial charge on any atom is -0.314 e. The number of hydrogen-bond acceptors (Lipinski definition) is 1. The monoisotopic (exact) mass is 265 g/mol. The second kappa shape index (κ2) is 7.67. The summed E-state index contributed by atoms with van der Waals surface area (Å²) >= 11 is 0. The van der Waals surface area contributed by atoms with Crippen LogP contribution in [0.1, 0.15) is 78.6 Å². The molecule has 2 rings (SSSR count). The van der Waals surface area contributed by atoms with Crippen molar-refractivity contribution >= 4 is 0 Å². The van der Waals surface area contributed by atoms with Gasteiger partial charge in [-0.2, -0.15) is 0 Å². The maximum absolute atomic E-state index is 3.82. The Kier molecular flexibility index (Phi) is 6.19. The smallest absolute Gasteiger partial charge is 0.00955 e. The van der Waals surface area contributed by atoms with Gasteiger partial charge in [0.1, 0.15) is 0 Å². The van der Waals surface area contributed by atoms with Gasteiger partial charge in [-0.05, 0) is 62.3 Å². The zero-order valence-electron chi connectivity index (χ0n) is 13.5. The summed E-state index contributed by atoms with van der Waals surface area (Å²) in [6.45, 7) is 8.35. The van der Waals surface area contributed by atoms with Crippen LogP contribution in [0.3, 0.4) is 0 Å². The van der Waals surface area contributed by atoms with Crippen LogP contribution in [0.5, 0.6) is 0 Å².